The predicted molar refractivity (Wildman–Crippen MR) is 81.1 cm³/mol. The molecule has 1 aliphatic rings. The fraction of sp³-hybridized carbons (Fsp3) is 0.400. The van der Waals surface area contributed by atoms with Gasteiger partial charge in [0.15, 0.2) is 0 Å². The minimum absolute atomic E-state index is 0.0430. The first kappa shape index (κ1) is 13.8. The molecule has 1 atom stereocenters. The second-order valence-corrected chi connectivity index (χ2v) is 6.60. The Morgan fingerprint density at radius 2 is 2.30 bits per heavy atom. The zero-order valence-electron chi connectivity index (χ0n) is 10.9. The highest BCUT2D eigenvalue weighted by molar-refractivity contribution is 7.20. The van der Waals surface area contributed by atoms with Gasteiger partial charge in [-0.05, 0) is 42.3 Å². The van der Waals surface area contributed by atoms with Gasteiger partial charge in [0, 0.05) is 23.7 Å². The van der Waals surface area contributed by atoms with E-state index in [9.17, 15) is 9.18 Å². The molecule has 20 heavy (non-hydrogen) atoms. The SMILES string of the molecule is O=C(c1cc2ccc(F)cc2s1)N1CCCC(CCl)C1. The van der Waals surface area contributed by atoms with Crippen LogP contribution in [-0.2, 0) is 0 Å². The summed E-state index contributed by atoms with van der Waals surface area (Å²) in [6, 6.07) is 6.48. The van der Waals surface area contributed by atoms with Crippen molar-refractivity contribution in [2.45, 2.75) is 12.8 Å². The molecule has 0 aliphatic carbocycles. The number of thiophene rings is 1. The molecule has 1 aromatic heterocycles. The van der Waals surface area contributed by atoms with Gasteiger partial charge in [-0.2, -0.15) is 0 Å². The van der Waals surface area contributed by atoms with Gasteiger partial charge < -0.3 is 4.90 Å². The van der Waals surface area contributed by atoms with E-state index < -0.39 is 0 Å². The second kappa shape index (κ2) is 5.70. The minimum Gasteiger partial charge on any atom is -0.338 e. The van der Waals surface area contributed by atoms with Gasteiger partial charge in [-0.25, -0.2) is 4.39 Å². The summed E-state index contributed by atoms with van der Waals surface area (Å²) in [6.45, 7) is 1.51. The Morgan fingerprint density at radius 1 is 1.45 bits per heavy atom. The molecule has 0 bridgehead atoms. The molecule has 2 aromatic rings. The third-order valence-electron chi connectivity index (χ3n) is 3.72. The van der Waals surface area contributed by atoms with E-state index in [-0.39, 0.29) is 11.7 Å². The van der Waals surface area contributed by atoms with Gasteiger partial charge in [-0.3, -0.25) is 4.79 Å². The summed E-state index contributed by atoms with van der Waals surface area (Å²) in [5.74, 6) is 0.766. The Labute approximate surface area is 126 Å². The highest BCUT2D eigenvalue weighted by Crippen LogP contribution is 2.28. The lowest BCUT2D eigenvalue weighted by atomic mass is 10.00. The fourth-order valence-electron chi connectivity index (χ4n) is 2.64. The number of carbonyl (C=O) groups excluding carboxylic acids is 1. The number of rotatable bonds is 2. The van der Waals surface area contributed by atoms with E-state index in [1.807, 2.05) is 11.0 Å². The number of amides is 1. The van der Waals surface area contributed by atoms with Crippen molar-refractivity contribution in [3.05, 3.63) is 35.0 Å². The first-order valence-corrected chi connectivity index (χ1v) is 8.07. The number of hydrogen-bond acceptors (Lipinski definition) is 2. The van der Waals surface area contributed by atoms with Crippen LogP contribution in [0.15, 0.2) is 24.3 Å². The summed E-state index contributed by atoms with van der Waals surface area (Å²) in [5.41, 5.74) is 0. The summed E-state index contributed by atoms with van der Waals surface area (Å²) >= 11 is 7.26. The number of benzene rings is 1. The van der Waals surface area contributed by atoms with Crippen LogP contribution >= 0.6 is 22.9 Å². The Bertz CT molecular complexity index is 642. The van der Waals surface area contributed by atoms with Gasteiger partial charge in [-0.1, -0.05) is 6.07 Å². The zero-order chi connectivity index (χ0) is 14.1. The number of piperidine rings is 1. The van der Waals surface area contributed by atoms with Gasteiger partial charge in [0.25, 0.3) is 5.91 Å². The van der Waals surface area contributed by atoms with Crippen molar-refractivity contribution in [3.63, 3.8) is 0 Å². The third kappa shape index (κ3) is 2.67. The monoisotopic (exact) mass is 311 g/mol. The quantitative estimate of drug-likeness (QED) is 0.764. The molecule has 1 fully saturated rings. The molecule has 1 unspecified atom stereocenters. The first-order chi connectivity index (χ1) is 9.67. The lowest BCUT2D eigenvalue weighted by Gasteiger charge is -2.31. The number of hydrogen-bond donors (Lipinski definition) is 0. The van der Waals surface area contributed by atoms with E-state index in [1.165, 1.54) is 23.5 Å². The number of likely N-dealkylation sites (tertiary alicyclic amines) is 1. The lowest BCUT2D eigenvalue weighted by Crippen LogP contribution is -2.40. The normalized spacial score (nSPS) is 19.5. The molecule has 1 aliphatic heterocycles. The molecule has 1 amide bonds. The number of halogens is 2. The summed E-state index contributed by atoms with van der Waals surface area (Å²) in [6.07, 6.45) is 2.09. The molecule has 2 nitrogen and oxygen atoms in total. The van der Waals surface area contributed by atoms with Crippen molar-refractivity contribution < 1.29 is 9.18 Å². The van der Waals surface area contributed by atoms with E-state index in [0.717, 1.165) is 36.0 Å². The lowest BCUT2D eigenvalue weighted by molar-refractivity contribution is 0.0690. The van der Waals surface area contributed by atoms with Gasteiger partial charge >= 0.3 is 0 Å². The van der Waals surface area contributed by atoms with Crippen LogP contribution in [0.3, 0.4) is 0 Å². The van der Waals surface area contributed by atoms with E-state index in [1.54, 1.807) is 6.07 Å². The molecule has 5 heteroatoms. The summed E-state index contributed by atoms with van der Waals surface area (Å²) in [5, 5.41) is 0.922. The van der Waals surface area contributed by atoms with Gasteiger partial charge in [0.1, 0.15) is 5.82 Å². The van der Waals surface area contributed by atoms with Crippen molar-refractivity contribution in [1.82, 2.24) is 4.90 Å². The van der Waals surface area contributed by atoms with Crippen LogP contribution in [0.25, 0.3) is 10.1 Å². The van der Waals surface area contributed by atoms with Crippen LogP contribution in [0.4, 0.5) is 4.39 Å². The molecule has 106 valence electrons. The maximum Gasteiger partial charge on any atom is 0.263 e. The maximum atomic E-state index is 13.2. The van der Waals surface area contributed by atoms with Crippen molar-refractivity contribution in [2.24, 2.45) is 5.92 Å². The van der Waals surface area contributed by atoms with Gasteiger partial charge in [0.05, 0.1) is 4.88 Å². The smallest absolute Gasteiger partial charge is 0.263 e. The maximum absolute atomic E-state index is 13.2. The first-order valence-electron chi connectivity index (χ1n) is 6.71. The average molecular weight is 312 g/mol. The summed E-state index contributed by atoms with van der Waals surface area (Å²) in [4.78, 5) is 15.1. The zero-order valence-corrected chi connectivity index (χ0v) is 12.5. The van der Waals surface area contributed by atoms with Gasteiger partial charge in [-0.15, -0.1) is 22.9 Å². The highest BCUT2D eigenvalue weighted by atomic mass is 35.5. The van der Waals surface area contributed by atoms with Crippen LogP contribution in [-0.4, -0.2) is 29.8 Å². The Kier molecular flexibility index (Phi) is 3.94. The van der Waals surface area contributed by atoms with Crippen molar-refractivity contribution in [3.8, 4) is 0 Å². The van der Waals surface area contributed by atoms with E-state index in [2.05, 4.69) is 0 Å². The number of nitrogens with zero attached hydrogens (tertiary/aromatic N) is 1. The fourth-order valence-corrected chi connectivity index (χ4v) is 3.95. The molecular formula is C15H15ClFNOS. The number of alkyl halides is 1. The summed E-state index contributed by atoms with van der Waals surface area (Å²) < 4.78 is 14.0. The van der Waals surface area contributed by atoms with Crippen LogP contribution in [0, 0.1) is 11.7 Å². The Balaban J connectivity index is 1.84. The second-order valence-electron chi connectivity index (χ2n) is 5.21. The van der Waals surface area contributed by atoms with E-state index >= 15 is 0 Å². The van der Waals surface area contributed by atoms with Crippen molar-refractivity contribution >= 4 is 38.9 Å². The standard InChI is InChI=1S/C15H15ClFNOS/c16-8-10-2-1-5-18(9-10)15(19)14-6-11-3-4-12(17)7-13(11)20-14/h3-4,6-7,10H,1-2,5,8-9H2. The van der Waals surface area contributed by atoms with Crippen LogP contribution in [0.2, 0.25) is 0 Å². The predicted octanol–water partition coefficient (Wildman–Crippen LogP) is 4.13. The van der Waals surface area contributed by atoms with Crippen molar-refractivity contribution in [1.29, 1.82) is 0 Å². The number of fused-ring (bicyclic) bond motifs is 1. The molecular weight excluding hydrogens is 297 g/mol. The summed E-state index contributed by atoms with van der Waals surface area (Å²) in [7, 11) is 0. The molecule has 0 N–H and O–H groups in total. The van der Waals surface area contributed by atoms with E-state index in [4.69, 9.17) is 11.6 Å². The van der Waals surface area contributed by atoms with Crippen LogP contribution < -0.4 is 0 Å². The molecule has 0 saturated carbocycles. The molecule has 1 aromatic carbocycles. The molecule has 3 rings (SSSR count). The average Bonchev–Trinajstić information content (AvgIpc) is 2.89. The minimum atomic E-state index is -0.265. The topological polar surface area (TPSA) is 20.3 Å². The Hall–Kier alpha value is -1.13. The third-order valence-corrected chi connectivity index (χ3v) is 5.24. The molecule has 2 heterocycles. The van der Waals surface area contributed by atoms with Crippen LogP contribution in [0.1, 0.15) is 22.5 Å². The van der Waals surface area contributed by atoms with Crippen molar-refractivity contribution in [2.75, 3.05) is 19.0 Å². The van der Waals surface area contributed by atoms with Crippen LogP contribution in [0.5, 0.6) is 0 Å². The Morgan fingerprint density at radius 3 is 3.10 bits per heavy atom. The molecule has 1 saturated heterocycles. The molecule has 0 spiro atoms. The largest absolute Gasteiger partial charge is 0.338 e. The molecule has 0 radical (unpaired) electrons. The number of carbonyl (C=O) groups is 1. The van der Waals surface area contributed by atoms with E-state index in [0.29, 0.717) is 16.7 Å². The highest BCUT2D eigenvalue weighted by Gasteiger charge is 2.25. The van der Waals surface area contributed by atoms with Gasteiger partial charge in [0.2, 0.25) is 0 Å².